The van der Waals surface area contributed by atoms with Crippen LogP contribution in [0.25, 0.3) is 0 Å². The predicted octanol–water partition coefficient (Wildman–Crippen LogP) is 4.38. The number of amides is 2. The molecule has 0 saturated carbocycles. The number of rotatable bonds is 5. The van der Waals surface area contributed by atoms with E-state index in [9.17, 15) is 9.59 Å². The number of urea groups is 1. The van der Waals surface area contributed by atoms with Crippen LogP contribution < -0.4 is 10.6 Å². The molecular weight excluding hydrogens is 383 g/mol. The second kappa shape index (κ2) is 7.87. The highest BCUT2D eigenvalue weighted by Crippen LogP contribution is 2.33. The van der Waals surface area contributed by atoms with Gasteiger partial charge in [0.2, 0.25) is 0 Å². The van der Waals surface area contributed by atoms with Crippen molar-refractivity contribution in [2.24, 2.45) is 5.92 Å². The van der Waals surface area contributed by atoms with Crippen LogP contribution in [0, 0.1) is 5.92 Å². The van der Waals surface area contributed by atoms with Gasteiger partial charge in [0, 0.05) is 4.47 Å². The third kappa shape index (κ3) is 5.73. The van der Waals surface area contributed by atoms with Crippen molar-refractivity contribution in [3.05, 3.63) is 26.7 Å². The molecule has 0 aliphatic carbocycles. The second-order valence-corrected chi connectivity index (χ2v) is 6.59. The van der Waals surface area contributed by atoms with Gasteiger partial charge < -0.3 is 15.7 Å². The molecule has 0 radical (unpaired) electrons. The van der Waals surface area contributed by atoms with Gasteiger partial charge in [-0.15, -0.1) is 0 Å². The van der Waals surface area contributed by atoms with Gasteiger partial charge in [-0.3, -0.25) is 0 Å². The van der Waals surface area contributed by atoms with Gasteiger partial charge in [0.25, 0.3) is 0 Å². The Labute approximate surface area is 141 Å². The molecule has 0 aliphatic rings. The minimum atomic E-state index is -1.09. The Kier molecular flexibility index (Phi) is 6.77. The Morgan fingerprint density at radius 3 is 2.24 bits per heavy atom. The molecule has 0 unspecified atom stereocenters. The number of hydrogen-bond acceptors (Lipinski definition) is 2. The first-order valence-electron chi connectivity index (χ1n) is 6.15. The van der Waals surface area contributed by atoms with Crippen LogP contribution in [0.3, 0.4) is 0 Å². The number of halogens is 3. The number of hydrogen-bond donors (Lipinski definition) is 3. The minimum absolute atomic E-state index is 0.131. The molecule has 0 aliphatic heterocycles. The zero-order chi connectivity index (χ0) is 16.2. The van der Waals surface area contributed by atoms with E-state index in [0.717, 1.165) is 0 Å². The lowest BCUT2D eigenvalue weighted by atomic mass is 10.0. The normalized spacial score (nSPS) is 12.1. The number of benzene rings is 1. The van der Waals surface area contributed by atoms with Gasteiger partial charge in [-0.1, -0.05) is 53.0 Å². The Morgan fingerprint density at radius 1 is 1.29 bits per heavy atom. The van der Waals surface area contributed by atoms with Crippen molar-refractivity contribution in [1.29, 1.82) is 0 Å². The summed E-state index contributed by atoms with van der Waals surface area (Å²) in [7, 11) is 0. The third-order valence-corrected chi connectivity index (χ3v) is 3.61. The quantitative estimate of drug-likeness (QED) is 0.689. The molecule has 116 valence electrons. The van der Waals surface area contributed by atoms with Gasteiger partial charge in [0.05, 0.1) is 15.7 Å². The lowest BCUT2D eigenvalue weighted by Gasteiger charge is -2.17. The van der Waals surface area contributed by atoms with Crippen LogP contribution in [0.4, 0.5) is 10.5 Å². The lowest BCUT2D eigenvalue weighted by Crippen LogP contribution is -2.43. The van der Waals surface area contributed by atoms with Crippen molar-refractivity contribution in [3.63, 3.8) is 0 Å². The number of aliphatic carboxylic acids is 1. The van der Waals surface area contributed by atoms with Gasteiger partial charge in [-0.2, -0.15) is 0 Å². The molecule has 8 heteroatoms. The molecule has 3 N–H and O–H groups in total. The molecule has 0 saturated heterocycles. The Bertz CT molecular complexity index is 529. The zero-order valence-electron chi connectivity index (χ0n) is 11.4. The van der Waals surface area contributed by atoms with Crippen LogP contribution in [-0.4, -0.2) is 23.1 Å². The molecule has 0 spiro atoms. The second-order valence-electron chi connectivity index (χ2n) is 4.86. The summed E-state index contributed by atoms with van der Waals surface area (Å²) in [6, 6.07) is 1.50. The number of nitrogens with one attached hydrogen (secondary N) is 2. The molecular formula is C13H15BrCl2N2O3. The number of anilines is 1. The Balaban J connectivity index is 2.79. The highest BCUT2D eigenvalue weighted by Gasteiger charge is 2.22. The molecule has 1 rings (SSSR count). The largest absolute Gasteiger partial charge is 0.480 e. The standard InChI is InChI=1S/C13H15BrCl2N2O3/c1-6(2)3-10(12(19)20)17-13(21)18-11-8(15)4-7(14)5-9(11)16/h4-6,10H,3H2,1-2H3,(H,19,20)(H2,17,18,21)/t10-/m1/s1. The van der Waals surface area contributed by atoms with Gasteiger partial charge in [0.1, 0.15) is 6.04 Å². The highest BCUT2D eigenvalue weighted by atomic mass is 79.9. The van der Waals surface area contributed by atoms with Crippen LogP contribution >= 0.6 is 39.1 Å². The molecule has 1 atom stereocenters. The van der Waals surface area contributed by atoms with Crippen molar-refractivity contribution >= 4 is 56.8 Å². The first-order valence-corrected chi connectivity index (χ1v) is 7.70. The third-order valence-electron chi connectivity index (χ3n) is 2.56. The summed E-state index contributed by atoms with van der Waals surface area (Å²) in [5, 5.41) is 14.4. The minimum Gasteiger partial charge on any atom is -0.480 e. The van der Waals surface area contributed by atoms with Crippen LogP contribution in [-0.2, 0) is 4.79 Å². The van der Waals surface area contributed by atoms with E-state index in [1.807, 2.05) is 13.8 Å². The summed E-state index contributed by atoms with van der Waals surface area (Å²) in [6.07, 6.45) is 0.324. The Hall–Kier alpha value is -0.980. The maximum Gasteiger partial charge on any atom is 0.326 e. The maximum atomic E-state index is 11.9. The topological polar surface area (TPSA) is 78.4 Å². The molecule has 2 amide bonds. The smallest absolute Gasteiger partial charge is 0.326 e. The number of carbonyl (C=O) groups is 2. The molecule has 1 aromatic carbocycles. The molecule has 5 nitrogen and oxygen atoms in total. The summed E-state index contributed by atoms with van der Waals surface area (Å²) in [4.78, 5) is 23.0. The lowest BCUT2D eigenvalue weighted by molar-refractivity contribution is -0.139. The fourth-order valence-corrected chi connectivity index (χ4v) is 2.97. The van der Waals surface area contributed by atoms with E-state index in [2.05, 4.69) is 26.6 Å². The van der Waals surface area contributed by atoms with Gasteiger partial charge in [0.15, 0.2) is 0 Å². The van der Waals surface area contributed by atoms with E-state index in [4.69, 9.17) is 28.3 Å². The van der Waals surface area contributed by atoms with Gasteiger partial charge in [-0.05, 0) is 24.5 Å². The average molecular weight is 398 g/mol. The summed E-state index contributed by atoms with van der Waals surface area (Å²) in [5.41, 5.74) is 0.229. The van der Waals surface area contributed by atoms with Crippen molar-refractivity contribution < 1.29 is 14.7 Å². The number of carboxylic acid groups (broad SMARTS) is 1. The molecule has 1 aromatic rings. The fourth-order valence-electron chi connectivity index (χ4n) is 1.66. The van der Waals surface area contributed by atoms with E-state index in [-0.39, 0.29) is 21.7 Å². The van der Waals surface area contributed by atoms with E-state index in [0.29, 0.717) is 10.9 Å². The van der Waals surface area contributed by atoms with E-state index < -0.39 is 18.0 Å². The number of carboxylic acids is 1. The van der Waals surface area contributed by atoms with Gasteiger partial charge >= 0.3 is 12.0 Å². The fraction of sp³-hybridized carbons (Fsp3) is 0.385. The zero-order valence-corrected chi connectivity index (χ0v) is 14.5. The van der Waals surface area contributed by atoms with E-state index in [1.165, 1.54) is 0 Å². The predicted molar refractivity (Wildman–Crippen MR) is 87.2 cm³/mol. The van der Waals surface area contributed by atoms with E-state index >= 15 is 0 Å². The SMILES string of the molecule is CC(C)C[C@@H](NC(=O)Nc1c(Cl)cc(Br)cc1Cl)C(=O)O. The monoisotopic (exact) mass is 396 g/mol. The van der Waals surface area contributed by atoms with Crippen LogP contribution in [0.5, 0.6) is 0 Å². The number of carbonyl (C=O) groups excluding carboxylic acids is 1. The average Bonchev–Trinajstić information content (AvgIpc) is 2.32. The van der Waals surface area contributed by atoms with Crippen molar-refractivity contribution in [2.45, 2.75) is 26.3 Å². The molecule has 0 heterocycles. The highest BCUT2D eigenvalue weighted by molar-refractivity contribution is 9.10. The van der Waals surface area contributed by atoms with Gasteiger partial charge in [-0.25, -0.2) is 9.59 Å². The first-order chi connectivity index (χ1) is 9.70. The van der Waals surface area contributed by atoms with Crippen molar-refractivity contribution in [1.82, 2.24) is 5.32 Å². The van der Waals surface area contributed by atoms with Crippen molar-refractivity contribution in [3.8, 4) is 0 Å². The van der Waals surface area contributed by atoms with E-state index in [1.54, 1.807) is 12.1 Å². The van der Waals surface area contributed by atoms with Crippen LogP contribution in [0.1, 0.15) is 20.3 Å². The van der Waals surface area contributed by atoms with Crippen molar-refractivity contribution in [2.75, 3.05) is 5.32 Å². The molecule has 21 heavy (non-hydrogen) atoms. The Morgan fingerprint density at radius 2 is 1.81 bits per heavy atom. The summed E-state index contributed by atoms with van der Waals surface area (Å²) < 4.78 is 0.673. The molecule has 0 aromatic heterocycles. The first kappa shape index (κ1) is 18.1. The maximum absolute atomic E-state index is 11.9. The summed E-state index contributed by atoms with van der Waals surface area (Å²) in [6.45, 7) is 3.75. The molecule has 0 bridgehead atoms. The van der Waals surface area contributed by atoms with Crippen LogP contribution in [0.15, 0.2) is 16.6 Å². The summed E-state index contributed by atoms with van der Waals surface area (Å²) in [5.74, 6) is -0.960. The summed E-state index contributed by atoms with van der Waals surface area (Å²) >= 11 is 15.2. The molecule has 0 fully saturated rings. The van der Waals surface area contributed by atoms with Crippen LogP contribution in [0.2, 0.25) is 10.0 Å².